The zero-order chi connectivity index (χ0) is 11.4. The van der Waals surface area contributed by atoms with Crippen LogP contribution >= 0.6 is 11.6 Å². The summed E-state index contributed by atoms with van der Waals surface area (Å²) in [5, 5.41) is 7.85. The van der Waals surface area contributed by atoms with Crippen LogP contribution in [0.25, 0.3) is 0 Å². The van der Waals surface area contributed by atoms with Gasteiger partial charge in [-0.1, -0.05) is 11.6 Å². The van der Waals surface area contributed by atoms with E-state index >= 15 is 0 Å². The molecule has 1 aromatic carbocycles. The number of rotatable bonds is 2. The van der Waals surface area contributed by atoms with Crippen molar-refractivity contribution in [3.05, 3.63) is 28.8 Å². The first-order chi connectivity index (χ1) is 7.75. The second-order valence-corrected chi connectivity index (χ2v) is 4.89. The summed E-state index contributed by atoms with van der Waals surface area (Å²) in [4.78, 5) is 0. The fourth-order valence-corrected chi connectivity index (χ4v) is 2.25. The molecule has 1 fully saturated rings. The van der Waals surface area contributed by atoms with Crippen LogP contribution in [0.4, 0.5) is 5.69 Å². The minimum atomic E-state index is 0.593. The molecule has 0 saturated carbocycles. The molecular formula is C13H19ClN2. The monoisotopic (exact) mass is 238 g/mol. The van der Waals surface area contributed by atoms with Gasteiger partial charge in [0, 0.05) is 16.8 Å². The van der Waals surface area contributed by atoms with Gasteiger partial charge in [-0.25, -0.2) is 0 Å². The zero-order valence-electron chi connectivity index (χ0n) is 9.72. The van der Waals surface area contributed by atoms with Crippen LogP contribution in [0.5, 0.6) is 0 Å². The van der Waals surface area contributed by atoms with Crippen LogP contribution in [0.2, 0.25) is 5.02 Å². The van der Waals surface area contributed by atoms with E-state index in [9.17, 15) is 0 Å². The van der Waals surface area contributed by atoms with Crippen LogP contribution in [-0.4, -0.2) is 19.1 Å². The molecule has 0 radical (unpaired) electrons. The van der Waals surface area contributed by atoms with Crippen LogP contribution in [0, 0.1) is 6.92 Å². The maximum Gasteiger partial charge on any atom is 0.0436 e. The van der Waals surface area contributed by atoms with E-state index in [1.165, 1.54) is 24.9 Å². The van der Waals surface area contributed by atoms with Crippen molar-refractivity contribution in [1.29, 1.82) is 0 Å². The summed E-state index contributed by atoms with van der Waals surface area (Å²) >= 11 is 6.01. The Morgan fingerprint density at radius 1 is 1.31 bits per heavy atom. The normalized spacial score (nSPS) is 21.5. The lowest BCUT2D eigenvalue weighted by Gasteiger charge is -2.17. The Bertz CT molecular complexity index is 344. The van der Waals surface area contributed by atoms with E-state index in [0.717, 1.165) is 23.7 Å². The summed E-state index contributed by atoms with van der Waals surface area (Å²) in [5.41, 5.74) is 2.33. The van der Waals surface area contributed by atoms with Crippen molar-refractivity contribution in [3.8, 4) is 0 Å². The van der Waals surface area contributed by atoms with Gasteiger partial charge in [-0.15, -0.1) is 0 Å². The summed E-state index contributed by atoms with van der Waals surface area (Å²) in [5.74, 6) is 0. The Kier molecular flexibility index (Phi) is 4.08. The van der Waals surface area contributed by atoms with Crippen LogP contribution in [0.3, 0.4) is 0 Å². The van der Waals surface area contributed by atoms with Gasteiger partial charge in [-0.2, -0.15) is 0 Å². The largest absolute Gasteiger partial charge is 0.382 e. The Morgan fingerprint density at radius 2 is 2.19 bits per heavy atom. The van der Waals surface area contributed by atoms with Gasteiger partial charge in [0.15, 0.2) is 0 Å². The molecule has 1 aliphatic heterocycles. The van der Waals surface area contributed by atoms with Crippen LogP contribution in [0.1, 0.15) is 24.8 Å². The Balaban J connectivity index is 1.99. The molecule has 3 heteroatoms. The molecule has 88 valence electrons. The van der Waals surface area contributed by atoms with Gasteiger partial charge < -0.3 is 10.6 Å². The Labute approximate surface area is 102 Å². The highest BCUT2D eigenvalue weighted by atomic mass is 35.5. The van der Waals surface area contributed by atoms with E-state index in [2.05, 4.69) is 22.8 Å². The Morgan fingerprint density at radius 3 is 3.00 bits per heavy atom. The molecule has 1 aliphatic rings. The van der Waals surface area contributed by atoms with Crippen molar-refractivity contribution >= 4 is 17.3 Å². The number of halogens is 1. The number of hydrogen-bond acceptors (Lipinski definition) is 2. The second kappa shape index (κ2) is 5.55. The van der Waals surface area contributed by atoms with Crippen LogP contribution in [0.15, 0.2) is 18.2 Å². The number of hydrogen-bond donors (Lipinski definition) is 2. The van der Waals surface area contributed by atoms with E-state index in [1.807, 2.05) is 13.0 Å². The summed E-state index contributed by atoms with van der Waals surface area (Å²) in [6.45, 7) is 4.31. The molecule has 0 spiro atoms. The molecule has 2 nitrogen and oxygen atoms in total. The highest BCUT2D eigenvalue weighted by molar-refractivity contribution is 6.31. The molecule has 1 saturated heterocycles. The summed E-state index contributed by atoms with van der Waals surface area (Å²) in [7, 11) is 0. The molecule has 1 atom stereocenters. The molecule has 1 heterocycles. The maximum absolute atomic E-state index is 6.01. The smallest absolute Gasteiger partial charge is 0.0436 e. The van der Waals surface area contributed by atoms with E-state index in [0.29, 0.717) is 6.04 Å². The predicted molar refractivity (Wildman–Crippen MR) is 70.3 cm³/mol. The van der Waals surface area contributed by atoms with Crippen molar-refractivity contribution < 1.29 is 0 Å². The minimum absolute atomic E-state index is 0.593. The molecule has 1 unspecified atom stereocenters. The van der Waals surface area contributed by atoms with Crippen molar-refractivity contribution in [2.75, 3.05) is 18.4 Å². The number of benzene rings is 1. The van der Waals surface area contributed by atoms with Crippen LogP contribution < -0.4 is 10.6 Å². The van der Waals surface area contributed by atoms with Gasteiger partial charge in [0.1, 0.15) is 0 Å². The first-order valence-electron chi connectivity index (χ1n) is 5.99. The number of anilines is 1. The first-order valence-corrected chi connectivity index (χ1v) is 6.37. The lowest BCUT2D eigenvalue weighted by atomic mass is 10.1. The van der Waals surface area contributed by atoms with E-state index in [4.69, 9.17) is 11.6 Å². The molecule has 16 heavy (non-hydrogen) atoms. The molecule has 1 aromatic rings. The predicted octanol–water partition coefficient (Wildman–Crippen LogP) is 3.20. The van der Waals surface area contributed by atoms with Gasteiger partial charge in [-0.05, 0) is 63.0 Å². The third-order valence-corrected chi connectivity index (χ3v) is 3.53. The van der Waals surface area contributed by atoms with Gasteiger partial charge in [-0.3, -0.25) is 0 Å². The van der Waals surface area contributed by atoms with Crippen molar-refractivity contribution in [3.63, 3.8) is 0 Å². The molecule has 0 bridgehead atoms. The average molecular weight is 239 g/mol. The van der Waals surface area contributed by atoms with Gasteiger partial charge in [0.05, 0.1) is 0 Å². The van der Waals surface area contributed by atoms with Gasteiger partial charge in [0.2, 0.25) is 0 Å². The van der Waals surface area contributed by atoms with E-state index in [-0.39, 0.29) is 0 Å². The van der Waals surface area contributed by atoms with E-state index < -0.39 is 0 Å². The molecular weight excluding hydrogens is 220 g/mol. The molecule has 2 N–H and O–H groups in total. The summed E-state index contributed by atoms with van der Waals surface area (Å²) < 4.78 is 0. The zero-order valence-corrected chi connectivity index (χ0v) is 10.5. The van der Waals surface area contributed by atoms with Gasteiger partial charge in [0.25, 0.3) is 0 Å². The summed E-state index contributed by atoms with van der Waals surface area (Å²) in [6, 6.07) is 6.75. The SMILES string of the molecule is Cc1cc(NC2CCCNCC2)ccc1Cl. The number of nitrogens with one attached hydrogen (secondary N) is 2. The third-order valence-electron chi connectivity index (χ3n) is 3.10. The topological polar surface area (TPSA) is 24.1 Å². The average Bonchev–Trinajstić information content (AvgIpc) is 2.52. The van der Waals surface area contributed by atoms with Crippen molar-refractivity contribution in [2.45, 2.75) is 32.2 Å². The quantitative estimate of drug-likeness (QED) is 0.827. The maximum atomic E-state index is 6.01. The minimum Gasteiger partial charge on any atom is -0.382 e. The standard InChI is InChI=1S/C13H19ClN2/c1-10-9-12(4-5-13(10)14)16-11-3-2-7-15-8-6-11/h4-5,9,11,15-16H,2-3,6-8H2,1H3. The number of aryl methyl sites for hydroxylation is 1. The van der Waals surface area contributed by atoms with Gasteiger partial charge >= 0.3 is 0 Å². The van der Waals surface area contributed by atoms with Crippen molar-refractivity contribution in [2.24, 2.45) is 0 Å². The fraction of sp³-hybridized carbons (Fsp3) is 0.538. The lowest BCUT2D eigenvalue weighted by Crippen LogP contribution is -2.21. The highest BCUT2D eigenvalue weighted by Gasteiger charge is 2.11. The first kappa shape index (κ1) is 11.7. The van der Waals surface area contributed by atoms with Crippen LogP contribution in [-0.2, 0) is 0 Å². The van der Waals surface area contributed by atoms with Crippen molar-refractivity contribution in [1.82, 2.24) is 5.32 Å². The molecule has 0 aromatic heterocycles. The highest BCUT2D eigenvalue weighted by Crippen LogP contribution is 2.21. The van der Waals surface area contributed by atoms with E-state index in [1.54, 1.807) is 0 Å². The molecule has 0 amide bonds. The molecule has 0 aliphatic carbocycles. The second-order valence-electron chi connectivity index (χ2n) is 4.49. The molecule has 2 rings (SSSR count). The Hall–Kier alpha value is -0.730. The fourth-order valence-electron chi connectivity index (χ4n) is 2.13. The third kappa shape index (κ3) is 3.13. The lowest BCUT2D eigenvalue weighted by molar-refractivity contribution is 0.637. The summed E-state index contributed by atoms with van der Waals surface area (Å²) in [6.07, 6.45) is 3.70.